The predicted molar refractivity (Wildman–Crippen MR) is 103 cm³/mol. The summed E-state index contributed by atoms with van der Waals surface area (Å²) in [4.78, 5) is 1.68. The largest absolute Gasteiger partial charge is 0.573 e. The fraction of sp³-hybridized carbons (Fsp3) is 0.400. The van der Waals surface area contributed by atoms with Crippen molar-refractivity contribution in [2.24, 2.45) is 0 Å². The lowest BCUT2D eigenvalue weighted by molar-refractivity contribution is -0.275. The monoisotopic (exact) mass is 428 g/mol. The van der Waals surface area contributed by atoms with Crippen LogP contribution in [-0.2, 0) is 16.6 Å². The van der Waals surface area contributed by atoms with E-state index in [0.29, 0.717) is 26.1 Å². The molecule has 0 amide bonds. The molecule has 0 N–H and O–H groups in total. The van der Waals surface area contributed by atoms with Crippen molar-refractivity contribution in [3.05, 3.63) is 60.2 Å². The maximum Gasteiger partial charge on any atom is 0.573 e. The Morgan fingerprint density at radius 3 is 2.41 bits per heavy atom. The molecule has 1 unspecified atom stereocenters. The van der Waals surface area contributed by atoms with E-state index in [2.05, 4.69) is 9.64 Å². The third-order valence-corrected chi connectivity index (χ3v) is 6.94. The zero-order valence-corrected chi connectivity index (χ0v) is 16.8. The Morgan fingerprint density at radius 2 is 1.76 bits per heavy atom. The van der Waals surface area contributed by atoms with E-state index in [1.807, 2.05) is 30.3 Å². The van der Waals surface area contributed by atoms with Gasteiger partial charge in [0.05, 0.1) is 0 Å². The van der Waals surface area contributed by atoms with Crippen LogP contribution in [0.4, 0.5) is 13.2 Å². The molecular weight excluding hydrogens is 405 g/mol. The van der Waals surface area contributed by atoms with Crippen LogP contribution in [0.2, 0.25) is 0 Å². The third-order valence-electron chi connectivity index (χ3n) is 4.88. The topological polar surface area (TPSA) is 49.9 Å². The van der Waals surface area contributed by atoms with E-state index >= 15 is 0 Å². The van der Waals surface area contributed by atoms with Crippen LogP contribution in [0.5, 0.6) is 5.75 Å². The second-order valence-electron chi connectivity index (χ2n) is 6.87. The number of rotatable bonds is 7. The van der Waals surface area contributed by atoms with Gasteiger partial charge in [0.1, 0.15) is 10.6 Å². The molecule has 3 rings (SSSR count). The zero-order valence-electron chi connectivity index (χ0n) is 16.0. The highest BCUT2D eigenvalue weighted by atomic mass is 32.2. The van der Waals surface area contributed by atoms with E-state index in [-0.39, 0.29) is 12.6 Å². The van der Waals surface area contributed by atoms with Gasteiger partial charge in [-0.2, -0.15) is 4.31 Å². The first-order valence-electron chi connectivity index (χ1n) is 9.33. The van der Waals surface area contributed by atoms with Gasteiger partial charge in [0, 0.05) is 32.2 Å². The van der Waals surface area contributed by atoms with Crippen LogP contribution >= 0.6 is 0 Å². The first-order valence-corrected chi connectivity index (χ1v) is 10.8. The number of halogens is 3. The van der Waals surface area contributed by atoms with Crippen molar-refractivity contribution in [2.45, 2.75) is 37.2 Å². The lowest BCUT2D eigenvalue weighted by atomic mass is 10.2. The van der Waals surface area contributed by atoms with Crippen molar-refractivity contribution >= 4 is 10.0 Å². The fourth-order valence-corrected chi connectivity index (χ4v) is 5.43. The molecule has 1 saturated heterocycles. The summed E-state index contributed by atoms with van der Waals surface area (Å²) in [6, 6.07) is 14.4. The van der Waals surface area contributed by atoms with Crippen molar-refractivity contribution in [3.8, 4) is 5.75 Å². The Kier molecular flexibility index (Phi) is 6.50. The summed E-state index contributed by atoms with van der Waals surface area (Å²) in [6.07, 6.45) is -4.36. The van der Waals surface area contributed by atoms with E-state index in [9.17, 15) is 21.6 Å². The molecule has 1 heterocycles. The van der Waals surface area contributed by atoms with Crippen molar-refractivity contribution < 1.29 is 26.3 Å². The Hall–Kier alpha value is -2.10. The first kappa shape index (κ1) is 21.6. The smallest absolute Gasteiger partial charge is 0.404 e. The minimum atomic E-state index is -4.97. The van der Waals surface area contributed by atoms with Gasteiger partial charge in [0.25, 0.3) is 0 Å². The summed E-state index contributed by atoms with van der Waals surface area (Å²) >= 11 is 0. The standard InChI is InChI=1S/C20H23F3N2O3S/c1-2-25(17-12-13-24(15-17)14-16-8-4-3-5-9-16)29(26,27)19-11-7-6-10-18(19)28-20(21,22)23/h3-11,17H,2,12-15H2,1H3. The maximum atomic E-state index is 13.2. The van der Waals surface area contributed by atoms with Crippen LogP contribution in [0.3, 0.4) is 0 Å². The average Bonchev–Trinajstić information content (AvgIpc) is 3.10. The number of para-hydroxylation sites is 1. The Labute approximate surface area is 168 Å². The van der Waals surface area contributed by atoms with Crippen LogP contribution in [-0.4, -0.2) is 49.7 Å². The van der Waals surface area contributed by atoms with Gasteiger partial charge in [0.15, 0.2) is 0 Å². The highest BCUT2D eigenvalue weighted by Crippen LogP contribution is 2.33. The Morgan fingerprint density at radius 1 is 1.10 bits per heavy atom. The molecule has 0 saturated carbocycles. The number of hydrogen-bond donors (Lipinski definition) is 0. The molecule has 1 atom stereocenters. The van der Waals surface area contributed by atoms with E-state index in [1.165, 1.54) is 16.4 Å². The van der Waals surface area contributed by atoms with Crippen LogP contribution in [0, 0.1) is 0 Å². The SMILES string of the molecule is CCN(C1CCN(Cc2ccccc2)C1)S(=O)(=O)c1ccccc1OC(F)(F)F. The van der Waals surface area contributed by atoms with E-state index in [0.717, 1.165) is 17.7 Å². The normalized spacial score (nSPS) is 18.3. The molecule has 9 heteroatoms. The molecule has 5 nitrogen and oxygen atoms in total. The third kappa shape index (κ3) is 5.29. The van der Waals surface area contributed by atoms with Crippen LogP contribution in [0.15, 0.2) is 59.5 Å². The number of likely N-dealkylation sites (N-methyl/N-ethyl adjacent to an activating group) is 1. The van der Waals surface area contributed by atoms with Crippen LogP contribution in [0.25, 0.3) is 0 Å². The van der Waals surface area contributed by atoms with Gasteiger partial charge in [0.2, 0.25) is 10.0 Å². The minimum Gasteiger partial charge on any atom is -0.404 e. The molecule has 1 aliphatic heterocycles. The van der Waals surface area contributed by atoms with Crippen molar-refractivity contribution in [1.82, 2.24) is 9.21 Å². The van der Waals surface area contributed by atoms with Crippen LogP contribution < -0.4 is 4.74 Å². The number of sulfonamides is 1. The highest BCUT2D eigenvalue weighted by Gasteiger charge is 2.38. The van der Waals surface area contributed by atoms with Crippen molar-refractivity contribution in [2.75, 3.05) is 19.6 Å². The molecule has 158 valence electrons. The Balaban J connectivity index is 1.79. The number of benzene rings is 2. The second-order valence-corrected chi connectivity index (χ2v) is 8.73. The predicted octanol–water partition coefficient (Wildman–Crippen LogP) is 3.87. The lowest BCUT2D eigenvalue weighted by Gasteiger charge is -2.28. The summed E-state index contributed by atoms with van der Waals surface area (Å²) in [5.41, 5.74) is 1.13. The number of ether oxygens (including phenoxy) is 1. The van der Waals surface area contributed by atoms with Crippen molar-refractivity contribution in [1.29, 1.82) is 0 Å². The van der Waals surface area contributed by atoms with E-state index in [4.69, 9.17) is 0 Å². The van der Waals surface area contributed by atoms with Gasteiger partial charge in [-0.1, -0.05) is 49.4 Å². The molecule has 0 radical (unpaired) electrons. The second kappa shape index (κ2) is 8.73. The van der Waals surface area contributed by atoms with Gasteiger partial charge in [-0.25, -0.2) is 8.42 Å². The molecule has 2 aromatic carbocycles. The summed E-state index contributed by atoms with van der Waals surface area (Å²) in [7, 11) is -4.15. The molecule has 0 spiro atoms. The summed E-state index contributed by atoms with van der Waals surface area (Å²) in [5, 5.41) is 0. The zero-order chi connectivity index (χ0) is 21.1. The lowest BCUT2D eigenvalue weighted by Crippen LogP contribution is -2.42. The number of nitrogens with zero attached hydrogens (tertiary/aromatic N) is 2. The van der Waals surface area contributed by atoms with Crippen molar-refractivity contribution in [3.63, 3.8) is 0 Å². The minimum absolute atomic E-state index is 0.159. The molecule has 0 aliphatic carbocycles. The summed E-state index contributed by atoms with van der Waals surface area (Å²) in [6.45, 7) is 3.77. The first-order chi connectivity index (χ1) is 13.7. The molecule has 0 bridgehead atoms. The molecule has 1 fully saturated rings. The van der Waals surface area contributed by atoms with Crippen LogP contribution in [0.1, 0.15) is 18.9 Å². The van der Waals surface area contributed by atoms with Gasteiger partial charge in [-0.15, -0.1) is 13.2 Å². The molecule has 29 heavy (non-hydrogen) atoms. The highest BCUT2D eigenvalue weighted by molar-refractivity contribution is 7.89. The maximum absolute atomic E-state index is 13.2. The average molecular weight is 428 g/mol. The summed E-state index contributed by atoms with van der Waals surface area (Å²) < 4.78 is 69.7. The molecular formula is C20H23F3N2O3S. The number of likely N-dealkylation sites (tertiary alicyclic amines) is 1. The van der Waals surface area contributed by atoms with Gasteiger partial charge in [-0.3, -0.25) is 4.90 Å². The Bertz CT molecular complexity index is 920. The van der Waals surface area contributed by atoms with E-state index in [1.54, 1.807) is 6.92 Å². The number of alkyl halides is 3. The quantitative estimate of drug-likeness (QED) is 0.672. The number of hydrogen-bond acceptors (Lipinski definition) is 4. The molecule has 2 aromatic rings. The molecule has 0 aromatic heterocycles. The van der Waals surface area contributed by atoms with E-state index < -0.39 is 27.0 Å². The van der Waals surface area contributed by atoms with Gasteiger partial charge >= 0.3 is 6.36 Å². The van der Waals surface area contributed by atoms with Gasteiger partial charge in [-0.05, 0) is 24.1 Å². The summed E-state index contributed by atoms with van der Waals surface area (Å²) in [5.74, 6) is -0.711. The van der Waals surface area contributed by atoms with Gasteiger partial charge < -0.3 is 4.74 Å². The fourth-order valence-electron chi connectivity index (χ4n) is 3.66. The molecule has 1 aliphatic rings.